The van der Waals surface area contributed by atoms with E-state index in [2.05, 4.69) is 37.8 Å². The van der Waals surface area contributed by atoms with Gasteiger partial charge in [0.2, 0.25) is 0 Å². The van der Waals surface area contributed by atoms with Crippen molar-refractivity contribution in [1.82, 2.24) is 5.32 Å². The zero-order valence-corrected chi connectivity index (χ0v) is 11.1. The quantitative estimate of drug-likeness (QED) is 0.759. The molecule has 0 bridgehead atoms. The number of ether oxygens (including phenoxy) is 1. The lowest BCUT2D eigenvalue weighted by Gasteiger charge is -2.26. The van der Waals surface area contributed by atoms with Gasteiger partial charge in [0.1, 0.15) is 0 Å². The maximum Gasteiger partial charge on any atom is 0.0617 e. The van der Waals surface area contributed by atoms with Gasteiger partial charge in [0.15, 0.2) is 0 Å². The van der Waals surface area contributed by atoms with Gasteiger partial charge in [0.25, 0.3) is 0 Å². The van der Waals surface area contributed by atoms with Gasteiger partial charge >= 0.3 is 0 Å². The molecule has 0 aromatic heterocycles. The summed E-state index contributed by atoms with van der Waals surface area (Å²) in [5.74, 6) is 3.26. The van der Waals surface area contributed by atoms with E-state index in [0.717, 1.165) is 13.2 Å². The molecular formula is C12H25NOS. The zero-order valence-electron chi connectivity index (χ0n) is 10.3. The van der Waals surface area contributed by atoms with Crippen molar-refractivity contribution in [2.75, 3.05) is 24.7 Å². The maximum atomic E-state index is 5.63. The van der Waals surface area contributed by atoms with E-state index in [4.69, 9.17) is 4.74 Å². The predicted octanol–water partition coefficient (Wildman–Crippen LogP) is 2.53. The highest BCUT2D eigenvalue weighted by atomic mass is 32.2. The Hall–Kier alpha value is 0.270. The Bertz CT molecular complexity index is 158. The first-order valence-electron chi connectivity index (χ1n) is 6.10. The molecule has 0 saturated carbocycles. The van der Waals surface area contributed by atoms with E-state index in [-0.39, 0.29) is 0 Å². The molecule has 0 amide bonds. The number of hydrogen-bond donors (Lipinski definition) is 1. The van der Waals surface area contributed by atoms with E-state index < -0.39 is 0 Å². The molecule has 0 spiro atoms. The first-order valence-corrected chi connectivity index (χ1v) is 7.25. The first kappa shape index (κ1) is 13.3. The number of nitrogens with one attached hydrogen (secondary N) is 1. The second-order valence-corrected chi connectivity index (χ2v) is 6.06. The summed E-state index contributed by atoms with van der Waals surface area (Å²) in [6.07, 6.45) is 2.70. The van der Waals surface area contributed by atoms with E-state index in [1.807, 2.05) is 0 Å². The van der Waals surface area contributed by atoms with Gasteiger partial charge < -0.3 is 10.1 Å². The van der Waals surface area contributed by atoms with Crippen LogP contribution in [0.1, 0.15) is 33.6 Å². The van der Waals surface area contributed by atoms with Crippen molar-refractivity contribution >= 4 is 11.8 Å². The molecule has 1 aliphatic rings. The van der Waals surface area contributed by atoms with Crippen molar-refractivity contribution in [1.29, 1.82) is 0 Å². The van der Waals surface area contributed by atoms with E-state index in [1.54, 1.807) is 0 Å². The molecule has 1 heterocycles. The molecule has 15 heavy (non-hydrogen) atoms. The van der Waals surface area contributed by atoms with E-state index in [9.17, 15) is 0 Å². The molecule has 0 aromatic carbocycles. The smallest absolute Gasteiger partial charge is 0.0617 e. The van der Waals surface area contributed by atoms with Crippen LogP contribution in [-0.4, -0.2) is 36.8 Å². The van der Waals surface area contributed by atoms with Crippen molar-refractivity contribution in [3.63, 3.8) is 0 Å². The molecule has 1 saturated heterocycles. The van der Waals surface area contributed by atoms with Gasteiger partial charge in [-0.25, -0.2) is 0 Å². The van der Waals surface area contributed by atoms with Crippen LogP contribution in [0.25, 0.3) is 0 Å². The van der Waals surface area contributed by atoms with Crippen LogP contribution in [0, 0.1) is 5.92 Å². The van der Waals surface area contributed by atoms with Gasteiger partial charge in [0, 0.05) is 24.4 Å². The summed E-state index contributed by atoms with van der Waals surface area (Å²) in [6.45, 7) is 8.33. The highest BCUT2D eigenvalue weighted by Crippen LogP contribution is 2.17. The lowest BCUT2D eigenvalue weighted by molar-refractivity contribution is 0.0913. The summed E-state index contributed by atoms with van der Waals surface area (Å²) in [7, 11) is 0. The third-order valence-corrected chi connectivity index (χ3v) is 3.71. The third kappa shape index (κ3) is 6.44. The van der Waals surface area contributed by atoms with E-state index in [1.165, 1.54) is 24.3 Å². The molecule has 3 heteroatoms. The van der Waals surface area contributed by atoms with Crippen LogP contribution < -0.4 is 5.32 Å². The molecule has 90 valence electrons. The van der Waals surface area contributed by atoms with Crippen LogP contribution in [-0.2, 0) is 4.74 Å². The van der Waals surface area contributed by atoms with Crippen LogP contribution >= 0.6 is 11.8 Å². The fourth-order valence-corrected chi connectivity index (χ4v) is 2.89. The first-order chi connectivity index (χ1) is 7.18. The average Bonchev–Trinajstić information content (AvgIpc) is 2.18. The van der Waals surface area contributed by atoms with Crippen LogP contribution in [0.2, 0.25) is 0 Å². The van der Waals surface area contributed by atoms with Crippen molar-refractivity contribution in [3.05, 3.63) is 0 Å². The lowest BCUT2D eigenvalue weighted by atomic mass is 10.1. The standard InChI is InChI=1S/C12H25NOS/c1-10(2)7-14-8-11(3)13-12-5-4-6-15-9-12/h10-13H,4-9H2,1-3H3/t11-,12-/m0/s1. The Morgan fingerprint density at radius 1 is 1.33 bits per heavy atom. The molecule has 0 radical (unpaired) electrons. The fraction of sp³-hybridized carbons (Fsp3) is 1.00. The summed E-state index contributed by atoms with van der Waals surface area (Å²) >= 11 is 2.07. The normalized spacial score (nSPS) is 24.4. The fourth-order valence-electron chi connectivity index (χ4n) is 1.80. The third-order valence-electron chi connectivity index (χ3n) is 2.50. The number of rotatable bonds is 6. The highest BCUT2D eigenvalue weighted by molar-refractivity contribution is 7.99. The SMILES string of the molecule is CC(C)COC[C@H](C)N[C@H]1CCCSC1. The Labute approximate surface area is 98.5 Å². The highest BCUT2D eigenvalue weighted by Gasteiger charge is 2.15. The number of thioether (sulfide) groups is 1. The Balaban J connectivity index is 2.03. The second-order valence-electron chi connectivity index (χ2n) is 4.91. The molecule has 1 fully saturated rings. The van der Waals surface area contributed by atoms with Crippen molar-refractivity contribution in [2.45, 2.75) is 45.7 Å². The molecule has 2 atom stereocenters. The van der Waals surface area contributed by atoms with Gasteiger partial charge in [-0.1, -0.05) is 13.8 Å². The predicted molar refractivity (Wildman–Crippen MR) is 68.6 cm³/mol. The monoisotopic (exact) mass is 231 g/mol. The van der Waals surface area contributed by atoms with E-state index >= 15 is 0 Å². The maximum absolute atomic E-state index is 5.63. The van der Waals surface area contributed by atoms with Gasteiger partial charge in [-0.05, 0) is 31.4 Å². The molecule has 1 N–H and O–H groups in total. The van der Waals surface area contributed by atoms with Gasteiger partial charge in [-0.3, -0.25) is 0 Å². The molecular weight excluding hydrogens is 206 g/mol. The molecule has 1 rings (SSSR count). The Kier molecular flexibility index (Phi) is 6.69. The summed E-state index contributed by atoms with van der Waals surface area (Å²) in [6, 6.07) is 1.20. The summed E-state index contributed by atoms with van der Waals surface area (Å²) < 4.78 is 5.63. The van der Waals surface area contributed by atoms with Crippen molar-refractivity contribution < 1.29 is 4.74 Å². The minimum atomic E-state index is 0.493. The molecule has 0 aliphatic carbocycles. The van der Waals surface area contributed by atoms with Gasteiger partial charge in [-0.2, -0.15) is 11.8 Å². The van der Waals surface area contributed by atoms with Crippen molar-refractivity contribution in [3.8, 4) is 0 Å². The minimum Gasteiger partial charge on any atom is -0.380 e. The Morgan fingerprint density at radius 2 is 2.13 bits per heavy atom. The van der Waals surface area contributed by atoms with Crippen LogP contribution in [0.15, 0.2) is 0 Å². The van der Waals surface area contributed by atoms with Crippen LogP contribution in [0.4, 0.5) is 0 Å². The summed E-state index contributed by atoms with van der Waals surface area (Å²) in [5, 5.41) is 3.65. The number of hydrogen-bond acceptors (Lipinski definition) is 3. The van der Waals surface area contributed by atoms with Crippen LogP contribution in [0.5, 0.6) is 0 Å². The lowest BCUT2D eigenvalue weighted by Crippen LogP contribution is -2.42. The molecule has 0 unspecified atom stereocenters. The van der Waals surface area contributed by atoms with Crippen LogP contribution in [0.3, 0.4) is 0 Å². The molecule has 1 aliphatic heterocycles. The summed E-state index contributed by atoms with van der Waals surface area (Å²) in [5.41, 5.74) is 0. The second kappa shape index (κ2) is 7.53. The minimum absolute atomic E-state index is 0.493. The average molecular weight is 231 g/mol. The van der Waals surface area contributed by atoms with E-state index in [0.29, 0.717) is 18.0 Å². The molecule has 2 nitrogen and oxygen atoms in total. The molecule has 0 aromatic rings. The zero-order chi connectivity index (χ0) is 11.1. The topological polar surface area (TPSA) is 21.3 Å². The van der Waals surface area contributed by atoms with Gasteiger partial charge in [-0.15, -0.1) is 0 Å². The van der Waals surface area contributed by atoms with Gasteiger partial charge in [0.05, 0.1) is 6.61 Å². The largest absolute Gasteiger partial charge is 0.380 e. The summed E-state index contributed by atoms with van der Waals surface area (Å²) in [4.78, 5) is 0. The van der Waals surface area contributed by atoms with Crippen molar-refractivity contribution in [2.24, 2.45) is 5.92 Å². The Morgan fingerprint density at radius 3 is 2.73 bits per heavy atom.